The summed E-state index contributed by atoms with van der Waals surface area (Å²) in [7, 11) is 2.19. The van der Waals surface area contributed by atoms with Crippen LogP contribution >= 0.6 is 0 Å². The second kappa shape index (κ2) is 8.39. The standard InChI is InChI=1S/C19H30FN3O/c1-21-10-12-23(13-11-21)18-4-2-3-9-22(14-18)15-19(24)16-5-7-17(20)8-6-16/h5-8,18-19,24H,2-4,9-15H2,1H3. The molecule has 2 aliphatic heterocycles. The fourth-order valence-corrected chi connectivity index (χ4v) is 3.88. The van der Waals surface area contributed by atoms with E-state index in [0.717, 1.165) is 44.8 Å². The van der Waals surface area contributed by atoms with Gasteiger partial charge in [0, 0.05) is 45.3 Å². The Morgan fingerprint density at radius 1 is 1.08 bits per heavy atom. The first-order chi connectivity index (χ1) is 11.6. The van der Waals surface area contributed by atoms with E-state index in [0.29, 0.717) is 12.6 Å². The van der Waals surface area contributed by atoms with Gasteiger partial charge in [0.25, 0.3) is 0 Å². The van der Waals surface area contributed by atoms with Gasteiger partial charge in [0.15, 0.2) is 0 Å². The number of benzene rings is 1. The lowest BCUT2D eigenvalue weighted by Crippen LogP contribution is -2.52. The second-order valence-electron chi connectivity index (χ2n) is 7.32. The molecule has 1 aromatic carbocycles. The van der Waals surface area contributed by atoms with Gasteiger partial charge < -0.3 is 10.0 Å². The normalized spacial score (nSPS) is 26.2. The summed E-state index contributed by atoms with van der Waals surface area (Å²) in [5.74, 6) is -0.254. The smallest absolute Gasteiger partial charge is 0.123 e. The molecular formula is C19H30FN3O. The molecule has 2 unspecified atom stereocenters. The molecule has 1 aromatic rings. The van der Waals surface area contributed by atoms with Crippen molar-refractivity contribution in [2.75, 3.05) is 52.9 Å². The summed E-state index contributed by atoms with van der Waals surface area (Å²) in [6.07, 6.45) is 3.17. The minimum atomic E-state index is -0.545. The number of hydrogen-bond acceptors (Lipinski definition) is 4. The summed E-state index contributed by atoms with van der Waals surface area (Å²) in [5, 5.41) is 10.5. The van der Waals surface area contributed by atoms with Crippen LogP contribution in [0.5, 0.6) is 0 Å². The van der Waals surface area contributed by atoms with Crippen LogP contribution in [0.15, 0.2) is 24.3 Å². The van der Waals surface area contributed by atoms with Crippen molar-refractivity contribution in [3.8, 4) is 0 Å². The largest absolute Gasteiger partial charge is 0.387 e. The highest BCUT2D eigenvalue weighted by molar-refractivity contribution is 5.18. The molecule has 0 spiro atoms. The van der Waals surface area contributed by atoms with E-state index in [1.807, 2.05) is 0 Å². The Labute approximate surface area is 144 Å². The summed E-state index contributed by atoms with van der Waals surface area (Å²) < 4.78 is 13.0. The second-order valence-corrected chi connectivity index (χ2v) is 7.32. The lowest BCUT2D eigenvalue weighted by atomic mass is 10.1. The maximum Gasteiger partial charge on any atom is 0.123 e. The molecule has 5 heteroatoms. The third-order valence-corrected chi connectivity index (χ3v) is 5.47. The lowest BCUT2D eigenvalue weighted by molar-refractivity contribution is 0.0682. The average molecular weight is 335 g/mol. The highest BCUT2D eigenvalue weighted by Crippen LogP contribution is 2.21. The van der Waals surface area contributed by atoms with Crippen molar-refractivity contribution < 1.29 is 9.50 Å². The molecule has 2 fully saturated rings. The molecular weight excluding hydrogens is 305 g/mol. The summed E-state index contributed by atoms with van der Waals surface area (Å²) in [4.78, 5) is 7.41. The van der Waals surface area contributed by atoms with Gasteiger partial charge in [-0.3, -0.25) is 9.80 Å². The molecule has 2 aliphatic rings. The van der Waals surface area contributed by atoms with Gasteiger partial charge in [-0.25, -0.2) is 4.39 Å². The molecule has 0 amide bonds. The quantitative estimate of drug-likeness (QED) is 0.911. The van der Waals surface area contributed by atoms with Crippen LogP contribution in [0.4, 0.5) is 4.39 Å². The van der Waals surface area contributed by atoms with Gasteiger partial charge in [-0.2, -0.15) is 0 Å². The SMILES string of the molecule is CN1CCN(C2CCCCN(CC(O)c3ccc(F)cc3)C2)CC1. The molecule has 2 atom stereocenters. The number of β-amino-alcohol motifs (C(OH)–C–C–N with tert-alkyl or cyclic N) is 1. The highest BCUT2D eigenvalue weighted by Gasteiger charge is 2.27. The summed E-state index contributed by atoms with van der Waals surface area (Å²) >= 11 is 0. The van der Waals surface area contributed by atoms with Gasteiger partial charge in [-0.15, -0.1) is 0 Å². The van der Waals surface area contributed by atoms with Crippen molar-refractivity contribution in [3.63, 3.8) is 0 Å². The van der Waals surface area contributed by atoms with Gasteiger partial charge in [-0.1, -0.05) is 18.6 Å². The molecule has 2 heterocycles. The van der Waals surface area contributed by atoms with Crippen LogP contribution in [-0.2, 0) is 0 Å². The Bertz CT molecular complexity index is 502. The predicted molar refractivity (Wildman–Crippen MR) is 94.5 cm³/mol. The highest BCUT2D eigenvalue weighted by atomic mass is 19.1. The topological polar surface area (TPSA) is 30.0 Å². The molecule has 0 radical (unpaired) electrons. The van der Waals surface area contributed by atoms with Crippen LogP contribution in [0.3, 0.4) is 0 Å². The number of aliphatic hydroxyl groups is 1. The van der Waals surface area contributed by atoms with Gasteiger partial charge >= 0.3 is 0 Å². The Morgan fingerprint density at radius 3 is 2.50 bits per heavy atom. The third-order valence-electron chi connectivity index (χ3n) is 5.47. The van der Waals surface area contributed by atoms with Crippen LogP contribution < -0.4 is 0 Å². The Kier molecular flexibility index (Phi) is 6.22. The Balaban J connectivity index is 1.57. The molecule has 134 valence electrons. The van der Waals surface area contributed by atoms with E-state index in [4.69, 9.17) is 0 Å². The fourth-order valence-electron chi connectivity index (χ4n) is 3.88. The van der Waals surface area contributed by atoms with Gasteiger partial charge in [-0.05, 0) is 44.1 Å². The monoisotopic (exact) mass is 335 g/mol. The minimum absolute atomic E-state index is 0.254. The van der Waals surface area contributed by atoms with Gasteiger partial charge in [0.05, 0.1) is 6.10 Å². The van der Waals surface area contributed by atoms with E-state index < -0.39 is 6.10 Å². The number of nitrogens with zero attached hydrogens (tertiary/aromatic N) is 3. The van der Waals surface area contributed by atoms with Crippen LogP contribution in [-0.4, -0.2) is 78.7 Å². The van der Waals surface area contributed by atoms with E-state index in [1.54, 1.807) is 12.1 Å². The number of hydrogen-bond donors (Lipinski definition) is 1. The van der Waals surface area contributed by atoms with E-state index in [2.05, 4.69) is 21.7 Å². The molecule has 0 aliphatic carbocycles. The number of likely N-dealkylation sites (tertiary alicyclic amines) is 1. The Hall–Kier alpha value is -1.01. The lowest BCUT2D eigenvalue weighted by Gasteiger charge is -2.39. The summed E-state index contributed by atoms with van der Waals surface area (Å²) in [6, 6.07) is 6.83. The molecule has 1 N–H and O–H groups in total. The summed E-state index contributed by atoms with van der Waals surface area (Å²) in [6.45, 7) is 7.30. The third kappa shape index (κ3) is 4.76. The molecule has 0 bridgehead atoms. The first-order valence-electron chi connectivity index (χ1n) is 9.20. The van der Waals surface area contributed by atoms with Crippen molar-refractivity contribution in [2.24, 2.45) is 0 Å². The molecule has 2 saturated heterocycles. The number of rotatable bonds is 4. The van der Waals surface area contributed by atoms with E-state index >= 15 is 0 Å². The van der Waals surface area contributed by atoms with Gasteiger partial charge in [0.2, 0.25) is 0 Å². The molecule has 24 heavy (non-hydrogen) atoms. The minimum Gasteiger partial charge on any atom is -0.387 e. The summed E-state index contributed by atoms with van der Waals surface area (Å²) in [5.41, 5.74) is 0.803. The molecule has 3 rings (SSSR count). The average Bonchev–Trinajstić information content (AvgIpc) is 2.82. The zero-order chi connectivity index (χ0) is 16.9. The number of piperazine rings is 1. The maximum atomic E-state index is 13.0. The van der Waals surface area contributed by atoms with E-state index in [-0.39, 0.29) is 5.82 Å². The van der Waals surface area contributed by atoms with Crippen LogP contribution in [0.25, 0.3) is 0 Å². The van der Waals surface area contributed by atoms with Crippen molar-refractivity contribution in [1.29, 1.82) is 0 Å². The molecule has 0 saturated carbocycles. The first kappa shape index (κ1) is 17.8. The number of halogens is 1. The fraction of sp³-hybridized carbons (Fsp3) is 0.684. The van der Waals surface area contributed by atoms with Crippen molar-refractivity contribution >= 4 is 0 Å². The number of likely N-dealkylation sites (N-methyl/N-ethyl adjacent to an activating group) is 1. The first-order valence-corrected chi connectivity index (χ1v) is 9.20. The van der Waals surface area contributed by atoms with E-state index in [9.17, 15) is 9.50 Å². The van der Waals surface area contributed by atoms with Crippen molar-refractivity contribution in [2.45, 2.75) is 31.4 Å². The maximum absolute atomic E-state index is 13.0. The zero-order valence-electron chi connectivity index (χ0n) is 14.7. The van der Waals surface area contributed by atoms with Crippen molar-refractivity contribution in [1.82, 2.24) is 14.7 Å². The van der Waals surface area contributed by atoms with Crippen LogP contribution in [0, 0.1) is 5.82 Å². The Morgan fingerprint density at radius 2 is 1.79 bits per heavy atom. The zero-order valence-corrected chi connectivity index (χ0v) is 14.7. The van der Waals surface area contributed by atoms with E-state index in [1.165, 1.54) is 31.4 Å². The van der Waals surface area contributed by atoms with Crippen LogP contribution in [0.2, 0.25) is 0 Å². The van der Waals surface area contributed by atoms with Gasteiger partial charge in [0.1, 0.15) is 5.82 Å². The predicted octanol–water partition coefficient (Wildman–Crippen LogP) is 1.96. The molecule has 4 nitrogen and oxygen atoms in total. The number of aliphatic hydroxyl groups excluding tert-OH is 1. The van der Waals surface area contributed by atoms with Crippen molar-refractivity contribution in [3.05, 3.63) is 35.6 Å². The molecule has 0 aromatic heterocycles. The van der Waals surface area contributed by atoms with Crippen LogP contribution in [0.1, 0.15) is 30.9 Å².